The van der Waals surface area contributed by atoms with Crippen molar-refractivity contribution in [1.29, 1.82) is 0 Å². The highest BCUT2D eigenvalue weighted by Crippen LogP contribution is 2.36. The highest BCUT2D eigenvalue weighted by atomic mass is 19.3. The van der Waals surface area contributed by atoms with Crippen molar-refractivity contribution in [2.45, 2.75) is 12.8 Å². The summed E-state index contributed by atoms with van der Waals surface area (Å²) in [6.45, 7) is 0.636. The van der Waals surface area contributed by atoms with E-state index in [9.17, 15) is 13.6 Å². The van der Waals surface area contributed by atoms with E-state index in [1.165, 1.54) is 19.2 Å². The fourth-order valence-electron chi connectivity index (χ4n) is 1.33. The molecule has 0 radical (unpaired) electrons. The van der Waals surface area contributed by atoms with Crippen LogP contribution in [0.15, 0.2) is 18.2 Å². The second kappa shape index (κ2) is 3.84. The number of hydrogen-bond acceptors (Lipinski definition) is 2. The summed E-state index contributed by atoms with van der Waals surface area (Å²) in [5.74, 6) is -4.77. The number of hydrogen-bond donors (Lipinski definition) is 1. The number of alkyl halides is 2. The van der Waals surface area contributed by atoms with Crippen LogP contribution in [0.2, 0.25) is 0 Å². The van der Waals surface area contributed by atoms with Crippen LogP contribution in [0.3, 0.4) is 0 Å². The van der Waals surface area contributed by atoms with Crippen molar-refractivity contribution in [2.75, 3.05) is 7.11 Å². The molecular formula is C10H10F2O3. The first-order chi connectivity index (χ1) is 6.88. The lowest BCUT2D eigenvalue weighted by Crippen LogP contribution is -2.15. The molecule has 1 aromatic rings. The number of carbonyl (C=O) groups is 1. The van der Waals surface area contributed by atoms with Crippen molar-refractivity contribution in [3.8, 4) is 5.75 Å². The third-order valence-corrected chi connectivity index (χ3v) is 1.92. The van der Waals surface area contributed by atoms with Crippen LogP contribution in [0.1, 0.15) is 22.8 Å². The smallest absolute Gasteiger partial charge is 0.336 e. The van der Waals surface area contributed by atoms with Crippen LogP contribution in [0.25, 0.3) is 0 Å². The minimum absolute atomic E-state index is 0.123. The largest absolute Gasteiger partial charge is 0.496 e. The maximum Gasteiger partial charge on any atom is 0.336 e. The van der Waals surface area contributed by atoms with Gasteiger partial charge < -0.3 is 9.84 Å². The van der Waals surface area contributed by atoms with E-state index in [0.717, 1.165) is 6.07 Å². The number of carboxylic acids is 1. The van der Waals surface area contributed by atoms with Crippen molar-refractivity contribution in [2.24, 2.45) is 0 Å². The van der Waals surface area contributed by atoms with Gasteiger partial charge in [-0.15, -0.1) is 0 Å². The van der Waals surface area contributed by atoms with E-state index in [1.54, 1.807) is 0 Å². The Morgan fingerprint density at radius 2 is 2.07 bits per heavy atom. The lowest BCUT2D eigenvalue weighted by Gasteiger charge is -2.16. The minimum atomic E-state index is -3.25. The Labute approximate surface area is 85.3 Å². The summed E-state index contributed by atoms with van der Waals surface area (Å²) in [6.07, 6.45) is 0. The van der Waals surface area contributed by atoms with Gasteiger partial charge in [0.05, 0.1) is 18.2 Å². The topological polar surface area (TPSA) is 46.5 Å². The van der Waals surface area contributed by atoms with E-state index >= 15 is 0 Å². The Morgan fingerprint density at radius 3 is 2.47 bits per heavy atom. The molecule has 5 heteroatoms. The van der Waals surface area contributed by atoms with E-state index in [4.69, 9.17) is 9.84 Å². The van der Waals surface area contributed by atoms with Gasteiger partial charge >= 0.3 is 5.97 Å². The van der Waals surface area contributed by atoms with Crippen molar-refractivity contribution in [1.82, 2.24) is 0 Å². The molecule has 0 fully saturated rings. The molecule has 0 saturated heterocycles. The molecule has 1 rings (SSSR count). The number of benzene rings is 1. The van der Waals surface area contributed by atoms with E-state index in [-0.39, 0.29) is 5.75 Å². The van der Waals surface area contributed by atoms with Crippen molar-refractivity contribution < 1.29 is 23.4 Å². The van der Waals surface area contributed by atoms with Gasteiger partial charge in [-0.3, -0.25) is 0 Å². The Morgan fingerprint density at radius 1 is 1.47 bits per heavy atom. The average Bonchev–Trinajstić information content (AvgIpc) is 2.15. The van der Waals surface area contributed by atoms with Gasteiger partial charge in [-0.2, -0.15) is 0 Å². The van der Waals surface area contributed by atoms with Crippen molar-refractivity contribution in [3.05, 3.63) is 29.3 Å². The first kappa shape index (κ1) is 11.4. The summed E-state index contributed by atoms with van der Waals surface area (Å²) in [5, 5.41) is 8.76. The van der Waals surface area contributed by atoms with Crippen molar-refractivity contribution in [3.63, 3.8) is 0 Å². The molecule has 0 unspecified atom stereocenters. The molecule has 0 heterocycles. The zero-order valence-corrected chi connectivity index (χ0v) is 8.25. The first-order valence-corrected chi connectivity index (χ1v) is 4.16. The maximum atomic E-state index is 13.2. The first-order valence-electron chi connectivity index (χ1n) is 4.16. The monoisotopic (exact) mass is 216 g/mol. The number of carboxylic acid groups (broad SMARTS) is 1. The predicted molar refractivity (Wildman–Crippen MR) is 49.5 cm³/mol. The SMILES string of the molecule is COc1cccc(C(=O)O)c1C(C)(F)F. The van der Waals surface area contributed by atoms with Crippen LogP contribution in [-0.4, -0.2) is 18.2 Å². The molecule has 0 amide bonds. The van der Waals surface area contributed by atoms with Crippen LogP contribution >= 0.6 is 0 Å². The van der Waals surface area contributed by atoms with Gasteiger partial charge in [0.1, 0.15) is 5.75 Å². The molecule has 0 aliphatic carbocycles. The molecule has 0 saturated carbocycles. The summed E-state index contributed by atoms with van der Waals surface area (Å²) >= 11 is 0. The number of aromatic carboxylic acids is 1. The van der Waals surface area contributed by atoms with Crippen molar-refractivity contribution >= 4 is 5.97 Å². The fourth-order valence-corrected chi connectivity index (χ4v) is 1.33. The van der Waals surface area contributed by atoms with Gasteiger partial charge in [-0.1, -0.05) is 6.07 Å². The van der Waals surface area contributed by atoms with Crippen LogP contribution in [-0.2, 0) is 5.92 Å². The quantitative estimate of drug-likeness (QED) is 0.844. The molecule has 0 aliphatic heterocycles. The Hall–Kier alpha value is -1.65. The number of methoxy groups -OCH3 is 1. The standard InChI is InChI=1S/C10H10F2O3/c1-10(11,12)8-6(9(13)14)4-3-5-7(8)15-2/h3-5H,1-2H3,(H,13,14). The summed E-state index contributed by atoms with van der Waals surface area (Å²) in [5.41, 5.74) is -1.04. The zero-order chi connectivity index (χ0) is 11.6. The molecule has 15 heavy (non-hydrogen) atoms. The van der Waals surface area contributed by atoms with Gasteiger partial charge in [0.15, 0.2) is 0 Å². The van der Waals surface area contributed by atoms with E-state index < -0.39 is 23.0 Å². The normalized spacial score (nSPS) is 11.2. The van der Waals surface area contributed by atoms with Crippen LogP contribution in [0.4, 0.5) is 8.78 Å². The number of ether oxygens (including phenoxy) is 1. The van der Waals surface area contributed by atoms with Gasteiger partial charge in [-0.25, -0.2) is 13.6 Å². The molecule has 3 nitrogen and oxygen atoms in total. The summed E-state index contributed by atoms with van der Waals surface area (Å²) in [7, 11) is 1.22. The lowest BCUT2D eigenvalue weighted by atomic mass is 10.0. The average molecular weight is 216 g/mol. The summed E-state index contributed by atoms with van der Waals surface area (Å²) < 4.78 is 31.1. The third kappa shape index (κ3) is 2.23. The predicted octanol–water partition coefficient (Wildman–Crippen LogP) is 2.51. The molecule has 1 N–H and O–H groups in total. The Kier molecular flexibility index (Phi) is 2.93. The third-order valence-electron chi connectivity index (χ3n) is 1.92. The Balaban J connectivity index is 3.47. The van der Waals surface area contributed by atoms with Gasteiger partial charge in [0, 0.05) is 6.92 Å². The zero-order valence-electron chi connectivity index (χ0n) is 8.25. The van der Waals surface area contributed by atoms with E-state index in [1.807, 2.05) is 0 Å². The fraction of sp³-hybridized carbons (Fsp3) is 0.300. The summed E-state index contributed by atoms with van der Waals surface area (Å²) in [4.78, 5) is 10.7. The Bertz CT molecular complexity index is 383. The number of rotatable bonds is 3. The minimum Gasteiger partial charge on any atom is -0.496 e. The van der Waals surface area contributed by atoms with E-state index in [0.29, 0.717) is 6.92 Å². The molecule has 1 aromatic carbocycles. The molecule has 0 bridgehead atoms. The van der Waals surface area contributed by atoms with Crippen LogP contribution in [0, 0.1) is 0 Å². The van der Waals surface area contributed by atoms with Crippen LogP contribution < -0.4 is 4.74 Å². The maximum absolute atomic E-state index is 13.2. The molecule has 82 valence electrons. The van der Waals surface area contributed by atoms with Gasteiger partial charge in [-0.05, 0) is 12.1 Å². The summed E-state index contributed by atoms with van der Waals surface area (Å²) in [6, 6.07) is 3.79. The highest BCUT2D eigenvalue weighted by molar-refractivity contribution is 5.90. The molecule has 0 aromatic heterocycles. The second-order valence-corrected chi connectivity index (χ2v) is 3.08. The number of halogens is 2. The lowest BCUT2D eigenvalue weighted by molar-refractivity contribution is 0.0129. The molecule has 0 atom stereocenters. The molecule has 0 aliphatic rings. The van der Waals surface area contributed by atoms with Gasteiger partial charge in [0.25, 0.3) is 5.92 Å². The molecule has 0 spiro atoms. The van der Waals surface area contributed by atoms with E-state index in [2.05, 4.69) is 0 Å². The second-order valence-electron chi connectivity index (χ2n) is 3.08. The van der Waals surface area contributed by atoms with Gasteiger partial charge in [0.2, 0.25) is 0 Å². The van der Waals surface area contributed by atoms with Crippen LogP contribution in [0.5, 0.6) is 5.75 Å². The highest BCUT2D eigenvalue weighted by Gasteiger charge is 2.33. The molecular weight excluding hydrogens is 206 g/mol.